The molecule has 2 amide bonds. The first kappa shape index (κ1) is 22.0. The Morgan fingerprint density at radius 3 is 2.69 bits per heavy atom. The Balaban J connectivity index is 1.22. The van der Waals surface area contributed by atoms with Gasteiger partial charge in [-0.1, -0.05) is 37.3 Å². The molecule has 2 saturated heterocycles. The summed E-state index contributed by atoms with van der Waals surface area (Å²) >= 11 is 1.59. The minimum atomic E-state index is -0.235. The Kier molecular flexibility index (Phi) is 6.58. The van der Waals surface area contributed by atoms with Gasteiger partial charge in [-0.2, -0.15) is 0 Å². The van der Waals surface area contributed by atoms with E-state index in [0.29, 0.717) is 12.6 Å². The van der Waals surface area contributed by atoms with Crippen LogP contribution in [0, 0.1) is 11.8 Å². The van der Waals surface area contributed by atoms with Crippen molar-refractivity contribution in [2.45, 2.75) is 69.1 Å². The van der Waals surface area contributed by atoms with E-state index >= 15 is 0 Å². The van der Waals surface area contributed by atoms with E-state index in [1.165, 1.54) is 18.4 Å². The van der Waals surface area contributed by atoms with Crippen LogP contribution in [0.5, 0.6) is 0 Å². The summed E-state index contributed by atoms with van der Waals surface area (Å²) in [5, 5.41) is 12.2. The van der Waals surface area contributed by atoms with Gasteiger partial charge in [0.25, 0.3) is 0 Å². The number of piperidine rings is 1. The summed E-state index contributed by atoms with van der Waals surface area (Å²) in [5.74, 6) is 1.03. The lowest BCUT2D eigenvalue weighted by Gasteiger charge is -2.43. The number of rotatable bonds is 4. The minimum Gasteiger partial charge on any atom is -0.353 e. The van der Waals surface area contributed by atoms with E-state index in [-0.39, 0.29) is 35.3 Å². The van der Waals surface area contributed by atoms with Gasteiger partial charge in [0, 0.05) is 19.1 Å². The Hall–Kier alpha value is -1.83. The highest BCUT2D eigenvalue weighted by Gasteiger charge is 2.44. The maximum absolute atomic E-state index is 13.0. The quantitative estimate of drug-likeness (QED) is 0.652. The van der Waals surface area contributed by atoms with E-state index in [0.717, 1.165) is 43.7 Å². The van der Waals surface area contributed by atoms with Gasteiger partial charge in [0.05, 0.1) is 12.0 Å². The number of carbonyl (C=O) groups is 2. The molecule has 0 bridgehead atoms. The van der Waals surface area contributed by atoms with E-state index in [2.05, 4.69) is 45.3 Å². The fraction of sp³-hybridized carbons (Fsp3) is 0.600. The third-order valence-electron chi connectivity index (χ3n) is 7.51. The second-order valence-electron chi connectivity index (χ2n) is 9.85. The van der Waals surface area contributed by atoms with Crippen molar-refractivity contribution in [2.24, 2.45) is 11.8 Å². The topological polar surface area (TPSA) is 73.5 Å². The first-order chi connectivity index (χ1) is 15.6. The van der Waals surface area contributed by atoms with Crippen molar-refractivity contribution < 1.29 is 9.59 Å². The normalized spacial score (nSPS) is 35.5. The van der Waals surface area contributed by atoms with Crippen molar-refractivity contribution in [3.05, 3.63) is 41.3 Å². The van der Waals surface area contributed by atoms with Crippen LogP contribution in [0.25, 0.3) is 5.57 Å². The lowest BCUT2D eigenvalue weighted by molar-refractivity contribution is -0.129. The number of nitrogens with zero attached hydrogens (tertiary/aromatic N) is 1. The summed E-state index contributed by atoms with van der Waals surface area (Å²) in [6, 6.07) is 10.6. The number of hydrogen-bond donors (Lipinski definition) is 3. The molecule has 1 saturated carbocycles. The molecule has 6 nitrogen and oxygen atoms in total. The molecule has 1 aromatic rings. The monoisotopic (exact) mass is 454 g/mol. The third-order valence-corrected chi connectivity index (χ3v) is 8.68. The lowest BCUT2D eigenvalue weighted by atomic mass is 9.87. The van der Waals surface area contributed by atoms with Gasteiger partial charge in [0.1, 0.15) is 11.5 Å². The molecule has 3 heterocycles. The van der Waals surface area contributed by atoms with Crippen molar-refractivity contribution in [3.8, 4) is 0 Å². The summed E-state index contributed by atoms with van der Waals surface area (Å²) in [6.45, 7) is 3.87. The van der Waals surface area contributed by atoms with Crippen molar-refractivity contribution >= 4 is 29.1 Å². The number of benzene rings is 1. The fourth-order valence-corrected chi connectivity index (χ4v) is 6.68. The summed E-state index contributed by atoms with van der Waals surface area (Å²) < 4.78 is 0. The summed E-state index contributed by atoms with van der Waals surface area (Å²) in [7, 11) is 0. The molecule has 3 fully saturated rings. The van der Waals surface area contributed by atoms with Gasteiger partial charge >= 0.3 is 0 Å². The summed E-state index contributed by atoms with van der Waals surface area (Å²) in [6.07, 6.45) is 6.26. The largest absolute Gasteiger partial charge is 0.353 e. The van der Waals surface area contributed by atoms with Gasteiger partial charge in [-0.25, -0.2) is 0 Å². The molecule has 0 spiro atoms. The van der Waals surface area contributed by atoms with Crippen LogP contribution < -0.4 is 16.0 Å². The standard InChI is InChI=1S/C25H34N4O2S/c1-16-9-11-19(12-10-16)26-23(30)18-8-5-13-29(14-18)25-27-21-20(17-6-3-2-4-7-17)15-32-22(21)24(31)28-25/h2-4,6-7,15-16,18-19,21-22,25,27H,5,8-14H2,1H3,(H,26,30)(H,28,31). The zero-order valence-corrected chi connectivity index (χ0v) is 19.6. The zero-order chi connectivity index (χ0) is 22.1. The number of fused-ring (bicyclic) bond motifs is 1. The predicted molar refractivity (Wildman–Crippen MR) is 129 cm³/mol. The van der Waals surface area contributed by atoms with Crippen LogP contribution in [0.15, 0.2) is 35.7 Å². The number of amides is 2. The molecule has 4 atom stereocenters. The molecule has 0 aromatic heterocycles. The fourth-order valence-electron chi connectivity index (χ4n) is 5.53. The van der Waals surface area contributed by atoms with Crippen molar-refractivity contribution in [1.82, 2.24) is 20.9 Å². The molecule has 172 valence electrons. The molecule has 3 aliphatic heterocycles. The molecule has 4 aliphatic rings. The molecule has 1 aliphatic carbocycles. The average Bonchev–Trinajstić information content (AvgIpc) is 3.26. The van der Waals surface area contributed by atoms with E-state index in [1.54, 1.807) is 11.8 Å². The predicted octanol–water partition coefficient (Wildman–Crippen LogP) is 2.92. The Morgan fingerprint density at radius 1 is 1.12 bits per heavy atom. The van der Waals surface area contributed by atoms with Crippen LogP contribution >= 0.6 is 11.8 Å². The maximum Gasteiger partial charge on any atom is 0.237 e. The highest BCUT2D eigenvalue weighted by molar-refractivity contribution is 8.04. The second-order valence-corrected chi connectivity index (χ2v) is 10.9. The SMILES string of the molecule is CC1CCC(NC(=O)C2CCCN(C3NC(=O)C4SC=C(c5ccccc5)C4N3)C2)CC1. The van der Waals surface area contributed by atoms with Crippen LogP contribution in [0.1, 0.15) is 51.0 Å². The average molecular weight is 455 g/mol. The molecular weight excluding hydrogens is 420 g/mol. The summed E-state index contributed by atoms with van der Waals surface area (Å²) in [5.41, 5.74) is 2.34. The number of likely N-dealkylation sites (tertiary alicyclic amines) is 1. The lowest BCUT2D eigenvalue weighted by Crippen LogP contribution is -2.69. The Labute approximate surface area is 195 Å². The highest BCUT2D eigenvalue weighted by atomic mass is 32.2. The molecule has 7 heteroatoms. The number of hydrogen-bond acceptors (Lipinski definition) is 5. The summed E-state index contributed by atoms with van der Waals surface area (Å²) in [4.78, 5) is 28.1. The van der Waals surface area contributed by atoms with Crippen LogP contribution in [0.2, 0.25) is 0 Å². The van der Waals surface area contributed by atoms with Crippen molar-refractivity contribution in [1.29, 1.82) is 0 Å². The van der Waals surface area contributed by atoms with Gasteiger partial charge in [-0.3, -0.25) is 19.8 Å². The van der Waals surface area contributed by atoms with Gasteiger partial charge in [0.15, 0.2) is 0 Å². The first-order valence-electron chi connectivity index (χ1n) is 12.1. The van der Waals surface area contributed by atoms with E-state index in [4.69, 9.17) is 0 Å². The number of carbonyl (C=O) groups excluding carboxylic acids is 2. The van der Waals surface area contributed by atoms with Crippen LogP contribution in [0.3, 0.4) is 0 Å². The highest BCUT2D eigenvalue weighted by Crippen LogP contribution is 2.38. The molecule has 5 rings (SSSR count). The third kappa shape index (κ3) is 4.61. The van der Waals surface area contributed by atoms with E-state index in [1.807, 2.05) is 18.2 Å². The van der Waals surface area contributed by atoms with E-state index in [9.17, 15) is 9.59 Å². The second kappa shape index (κ2) is 9.57. The van der Waals surface area contributed by atoms with E-state index < -0.39 is 0 Å². The first-order valence-corrected chi connectivity index (χ1v) is 13.0. The van der Waals surface area contributed by atoms with Gasteiger partial charge < -0.3 is 10.6 Å². The van der Waals surface area contributed by atoms with Gasteiger partial charge in [-0.05, 0) is 61.0 Å². The Bertz CT molecular complexity index is 868. The smallest absolute Gasteiger partial charge is 0.237 e. The maximum atomic E-state index is 13.0. The minimum absolute atomic E-state index is 0.0124. The van der Waals surface area contributed by atoms with Crippen LogP contribution in [-0.4, -0.2) is 53.4 Å². The molecule has 0 radical (unpaired) electrons. The number of nitrogens with one attached hydrogen (secondary N) is 3. The molecule has 3 N–H and O–H groups in total. The number of thioether (sulfide) groups is 1. The van der Waals surface area contributed by atoms with Gasteiger partial charge in [-0.15, -0.1) is 11.8 Å². The Morgan fingerprint density at radius 2 is 1.91 bits per heavy atom. The molecule has 32 heavy (non-hydrogen) atoms. The van der Waals surface area contributed by atoms with Crippen molar-refractivity contribution in [3.63, 3.8) is 0 Å². The van der Waals surface area contributed by atoms with Gasteiger partial charge in [0.2, 0.25) is 11.8 Å². The van der Waals surface area contributed by atoms with Crippen LogP contribution in [-0.2, 0) is 9.59 Å². The molecule has 1 aromatic carbocycles. The van der Waals surface area contributed by atoms with Crippen molar-refractivity contribution in [2.75, 3.05) is 13.1 Å². The van der Waals surface area contributed by atoms with Crippen LogP contribution in [0.4, 0.5) is 0 Å². The molecular formula is C25H34N4O2S. The molecule has 4 unspecified atom stereocenters. The zero-order valence-electron chi connectivity index (χ0n) is 18.8.